The predicted molar refractivity (Wildman–Crippen MR) is 84.9 cm³/mol. The molecule has 4 nitrogen and oxygen atoms in total. The van der Waals surface area contributed by atoms with Crippen molar-refractivity contribution in [3.63, 3.8) is 0 Å². The van der Waals surface area contributed by atoms with Gasteiger partial charge in [0.25, 0.3) is 5.56 Å². The number of aromatic amines is 1. The van der Waals surface area contributed by atoms with E-state index in [2.05, 4.69) is 9.97 Å². The van der Waals surface area contributed by atoms with Gasteiger partial charge < -0.3 is 4.98 Å². The van der Waals surface area contributed by atoms with Crippen LogP contribution in [0.3, 0.4) is 0 Å². The van der Waals surface area contributed by atoms with Gasteiger partial charge in [0, 0.05) is 17.3 Å². The normalized spacial score (nSPS) is 12.2. The number of carbonyl (C=O) groups is 1. The van der Waals surface area contributed by atoms with Gasteiger partial charge in [-0.15, -0.1) is 0 Å². The number of Topliss-reactive ketones (excluding diaryl/α,β-unsaturated/α-hetero) is 1. The van der Waals surface area contributed by atoms with E-state index in [-0.39, 0.29) is 16.9 Å². The lowest BCUT2D eigenvalue weighted by atomic mass is 10.1. The van der Waals surface area contributed by atoms with Gasteiger partial charge in [-0.2, -0.15) is 0 Å². The van der Waals surface area contributed by atoms with Crippen molar-refractivity contribution in [3.05, 3.63) is 57.5 Å². The summed E-state index contributed by atoms with van der Waals surface area (Å²) in [6, 6.07) is 4.46. The maximum absolute atomic E-state index is 13.2. The third-order valence-corrected chi connectivity index (χ3v) is 4.13. The first-order valence-corrected chi connectivity index (χ1v) is 8.04. The van der Waals surface area contributed by atoms with E-state index < -0.39 is 16.9 Å². The predicted octanol–water partition coefficient (Wildman–Crippen LogP) is 3.36. The first kappa shape index (κ1) is 17.3. The number of nitrogens with one attached hydrogen (secondary N) is 1. The van der Waals surface area contributed by atoms with E-state index in [1.165, 1.54) is 12.1 Å². The van der Waals surface area contributed by atoms with E-state index in [1.54, 1.807) is 6.92 Å². The van der Waals surface area contributed by atoms with Gasteiger partial charge in [-0.25, -0.2) is 13.8 Å². The molecule has 0 radical (unpaired) electrons. The van der Waals surface area contributed by atoms with Gasteiger partial charge in [0.15, 0.2) is 22.6 Å². The topological polar surface area (TPSA) is 62.8 Å². The molecular formula is C16H16F2N2O2S. The van der Waals surface area contributed by atoms with Crippen molar-refractivity contribution in [2.45, 2.75) is 37.1 Å². The van der Waals surface area contributed by atoms with Gasteiger partial charge in [0.2, 0.25) is 0 Å². The van der Waals surface area contributed by atoms with E-state index in [9.17, 15) is 18.4 Å². The largest absolute Gasteiger partial charge is 0.301 e. The number of hydrogen-bond acceptors (Lipinski definition) is 4. The van der Waals surface area contributed by atoms with Crippen LogP contribution in [0.1, 0.15) is 36.3 Å². The number of benzene rings is 1. The van der Waals surface area contributed by atoms with Crippen LogP contribution >= 0.6 is 11.8 Å². The Hall–Kier alpha value is -2.02. The van der Waals surface area contributed by atoms with Crippen LogP contribution in [0.15, 0.2) is 34.2 Å². The van der Waals surface area contributed by atoms with E-state index in [4.69, 9.17) is 0 Å². The molecule has 1 N–H and O–H groups in total. The van der Waals surface area contributed by atoms with Crippen molar-refractivity contribution >= 4 is 17.5 Å². The molecule has 1 heterocycles. The fraction of sp³-hybridized carbons (Fsp3) is 0.312. The van der Waals surface area contributed by atoms with Crippen molar-refractivity contribution < 1.29 is 13.6 Å². The highest BCUT2D eigenvalue weighted by atomic mass is 32.2. The molecule has 1 aromatic heterocycles. The summed E-state index contributed by atoms with van der Waals surface area (Å²) < 4.78 is 26.2. The number of ketones is 1. The molecule has 1 aromatic carbocycles. The second-order valence-corrected chi connectivity index (χ2v) is 6.37. The van der Waals surface area contributed by atoms with Crippen molar-refractivity contribution in [2.24, 2.45) is 0 Å². The summed E-state index contributed by atoms with van der Waals surface area (Å²) in [5.74, 6) is -2.43. The molecule has 0 saturated carbocycles. The number of thioether (sulfide) groups is 1. The van der Waals surface area contributed by atoms with Crippen LogP contribution in [0.25, 0.3) is 0 Å². The molecule has 0 aliphatic rings. The van der Waals surface area contributed by atoms with Gasteiger partial charge >= 0.3 is 0 Å². The van der Waals surface area contributed by atoms with Crippen molar-refractivity contribution in [1.82, 2.24) is 9.97 Å². The monoisotopic (exact) mass is 338 g/mol. The molecule has 23 heavy (non-hydrogen) atoms. The van der Waals surface area contributed by atoms with E-state index in [1.807, 2.05) is 6.92 Å². The zero-order valence-corrected chi connectivity index (χ0v) is 13.5. The van der Waals surface area contributed by atoms with Crippen LogP contribution in [-0.4, -0.2) is 21.0 Å². The number of rotatable bonds is 6. The summed E-state index contributed by atoms with van der Waals surface area (Å²) in [6.07, 6.45) is 1.52. The standard InChI is InChI=1S/C16H16F2N2O2S/c1-3-4-11-8-14(21)20-16(19-11)23-9(2)15(22)10-5-6-12(17)13(18)7-10/h5-9H,3-4H2,1-2H3,(H,19,20,21)/t9-/m1/s1. The lowest BCUT2D eigenvalue weighted by Crippen LogP contribution is -2.17. The Labute approximate surface area is 136 Å². The van der Waals surface area contributed by atoms with E-state index in [0.717, 1.165) is 30.3 Å². The number of H-pyrrole nitrogens is 1. The number of carbonyl (C=O) groups excluding carboxylic acids is 1. The maximum Gasteiger partial charge on any atom is 0.251 e. The van der Waals surface area contributed by atoms with Gasteiger partial charge in [-0.3, -0.25) is 9.59 Å². The Bertz CT molecular complexity index is 777. The van der Waals surface area contributed by atoms with Crippen LogP contribution in [0.4, 0.5) is 8.78 Å². The highest BCUT2D eigenvalue weighted by Crippen LogP contribution is 2.23. The lowest BCUT2D eigenvalue weighted by molar-refractivity contribution is 0.0993. The first-order valence-electron chi connectivity index (χ1n) is 7.17. The zero-order valence-electron chi connectivity index (χ0n) is 12.7. The molecule has 2 rings (SSSR count). The van der Waals surface area contributed by atoms with Gasteiger partial charge in [0.05, 0.1) is 5.25 Å². The van der Waals surface area contributed by atoms with Crippen LogP contribution < -0.4 is 5.56 Å². The molecule has 1 atom stereocenters. The van der Waals surface area contributed by atoms with Crippen LogP contribution in [0, 0.1) is 11.6 Å². The Morgan fingerprint density at radius 3 is 2.70 bits per heavy atom. The zero-order chi connectivity index (χ0) is 17.0. The van der Waals surface area contributed by atoms with E-state index >= 15 is 0 Å². The Morgan fingerprint density at radius 2 is 2.04 bits per heavy atom. The number of aryl methyl sites for hydroxylation is 1. The number of aromatic nitrogens is 2. The highest BCUT2D eigenvalue weighted by Gasteiger charge is 2.19. The smallest absolute Gasteiger partial charge is 0.251 e. The second-order valence-electron chi connectivity index (χ2n) is 5.05. The average Bonchev–Trinajstić information content (AvgIpc) is 2.49. The maximum atomic E-state index is 13.2. The first-order chi connectivity index (χ1) is 10.9. The molecule has 0 fully saturated rings. The fourth-order valence-electron chi connectivity index (χ4n) is 2.03. The summed E-state index contributed by atoms with van der Waals surface area (Å²) >= 11 is 1.08. The average molecular weight is 338 g/mol. The minimum Gasteiger partial charge on any atom is -0.301 e. The molecule has 0 saturated heterocycles. The fourth-order valence-corrected chi connectivity index (χ4v) is 2.94. The molecule has 122 valence electrons. The molecular weight excluding hydrogens is 322 g/mol. The summed E-state index contributed by atoms with van der Waals surface area (Å²) in [7, 11) is 0. The molecule has 0 aliphatic heterocycles. The summed E-state index contributed by atoms with van der Waals surface area (Å²) in [5.41, 5.74) is 0.459. The minimum atomic E-state index is -1.07. The summed E-state index contributed by atoms with van der Waals surface area (Å²) in [6.45, 7) is 3.60. The highest BCUT2D eigenvalue weighted by molar-refractivity contribution is 8.00. The summed E-state index contributed by atoms with van der Waals surface area (Å²) in [4.78, 5) is 30.7. The van der Waals surface area contributed by atoms with Crippen LogP contribution in [-0.2, 0) is 6.42 Å². The van der Waals surface area contributed by atoms with Gasteiger partial charge in [-0.05, 0) is 31.5 Å². The quantitative estimate of drug-likeness (QED) is 0.498. The van der Waals surface area contributed by atoms with Crippen LogP contribution in [0.5, 0.6) is 0 Å². The number of halogens is 2. The third-order valence-electron chi connectivity index (χ3n) is 3.14. The molecule has 2 aromatic rings. The molecule has 0 spiro atoms. The molecule has 0 unspecified atom stereocenters. The Morgan fingerprint density at radius 1 is 1.30 bits per heavy atom. The molecule has 0 amide bonds. The SMILES string of the molecule is CCCc1cc(=O)[nH]c(S[C@H](C)C(=O)c2ccc(F)c(F)c2)n1. The minimum absolute atomic E-state index is 0.0796. The summed E-state index contributed by atoms with van der Waals surface area (Å²) in [5, 5.41) is -0.260. The molecule has 0 bridgehead atoms. The third kappa shape index (κ3) is 4.48. The van der Waals surface area contributed by atoms with Crippen molar-refractivity contribution in [3.8, 4) is 0 Å². The van der Waals surface area contributed by atoms with Crippen molar-refractivity contribution in [2.75, 3.05) is 0 Å². The molecule has 0 aliphatic carbocycles. The Kier molecular flexibility index (Phi) is 5.65. The lowest BCUT2D eigenvalue weighted by Gasteiger charge is -2.10. The molecule has 7 heteroatoms. The van der Waals surface area contributed by atoms with Crippen molar-refractivity contribution in [1.29, 1.82) is 0 Å². The number of hydrogen-bond donors (Lipinski definition) is 1. The van der Waals surface area contributed by atoms with Crippen LogP contribution in [0.2, 0.25) is 0 Å². The van der Waals surface area contributed by atoms with E-state index in [0.29, 0.717) is 17.3 Å². The van der Waals surface area contributed by atoms with Gasteiger partial charge in [-0.1, -0.05) is 25.1 Å². The number of nitrogens with zero attached hydrogens (tertiary/aromatic N) is 1. The Balaban J connectivity index is 2.17. The van der Waals surface area contributed by atoms with Gasteiger partial charge in [0.1, 0.15) is 0 Å². The second kappa shape index (κ2) is 7.50.